The first-order valence-corrected chi connectivity index (χ1v) is 12.1. The topological polar surface area (TPSA) is 77.8 Å². The molecule has 0 spiro atoms. The molecule has 0 radical (unpaired) electrons. The average Bonchev–Trinajstić information content (AvgIpc) is 3.47. The van der Waals surface area contributed by atoms with E-state index in [0.717, 1.165) is 43.6 Å². The number of nitrogens with one attached hydrogen (secondary N) is 1. The fraction of sp³-hybridized carbons (Fsp3) is 0.375. The summed E-state index contributed by atoms with van der Waals surface area (Å²) in [6.07, 6.45) is 4.00. The maximum absolute atomic E-state index is 14.6. The van der Waals surface area contributed by atoms with Gasteiger partial charge in [0.1, 0.15) is 22.8 Å². The molecule has 32 heavy (non-hydrogen) atoms. The Labute approximate surface area is 189 Å². The number of rotatable bonds is 8. The minimum atomic E-state index is -1.85. The van der Waals surface area contributed by atoms with Gasteiger partial charge in [0.15, 0.2) is 11.5 Å². The molecule has 1 aliphatic carbocycles. The molecule has 2 heterocycles. The number of aryl methyl sites for hydroxylation is 1. The van der Waals surface area contributed by atoms with Gasteiger partial charge in [-0.3, -0.25) is 4.79 Å². The quantitative estimate of drug-likeness (QED) is 0.502. The lowest BCUT2D eigenvalue weighted by Crippen LogP contribution is -2.36. The lowest BCUT2D eigenvalue weighted by molar-refractivity contribution is 0.0956. The van der Waals surface area contributed by atoms with Gasteiger partial charge in [0.25, 0.3) is 0 Å². The highest BCUT2D eigenvalue weighted by Gasteiger charge is 2.29. The van der Waals surface area contributed by atoms with Gasteiger partial charge in [-0.15, -0.1) is 0 Å². The Morgan fingerprint density at radius 3 is 2.81 bits per heavy atom. The predicted octanol–water partition coefficient (Wildman–Crippen LogP) is 4.59. The lowest BCUT2D eigenvalue weighted by atomic mass is 10.1. The van der Waals surface area contributed by atoms with Crippen LogP contribution in [0.15, 0.2) is 45.7 Å². The maximum Gasteiger partial charge on any atom is 0.328 e. The number of halogens is 1. The molecule has 5 rings (SSSR count). The largest absolute Gasteiger partial charge is 0.588 e. The first kappa shape index (κ1) is 21.2. The van der Waals surface area contributed by atoms with Crippen molar-refractivity contribution in [2.75, 3.05) is 24.6 Å². The van der Waals surface area contributed by atoms with Crippen molar-refractivity contribution < 1.29 is 22.9 Å². The third-order valence-corrected chi connectivity index (χ3v) is 7.21. The van der Waals surface area contributed by atoms with E-state index in [1.807, 2.05) is 24.0 Å². The summed E-state index contributed by atoms with van der Waals surface area (Å²) in [5.41, 5.74) is 1.87. The molecule has 2 aromatic carbocycles. The number of nitrogens with zero attached hydrogens (tertiary/aromatic N) is 1. The third-order valence-electron chi connectivity index (χ3n) is 6.00. The van der Waals surface area contributed by atoms with Gasteiger partial charge < -0.3 is 18.6 Å². The number of anilines is 1. The molecule has 1 N–H and O–H groups in total. The van der Waals surface area contributed by atoms with E-state index < -0.39 is 23.1 Å². The molecule has 1 unspecified atom stereocenters. The molecule has 8 heteroatoms. The van der Waals surface area contributed by atoms with Crippen LogP contribution < -0.4 is 14.4 Å². The van der Waals surface area contributed by atoms with Crippen LogP contribution in [0.25, 0.3) is 11.0 Å². The summed E-state index contributed by atoms with van der Waals surface area (Å²) in [4.78, 5) is 15.3. The number of amides is 1. The number of fused-ring (bicyclic) bond motifs is 1. The van der Waals surface area contributed by atoms with Crippen molar-refractivity contribution in [1.82, 2.24) is 4.72 Å². The summed E-state index contributed by atoms with van der Waals surface area (Å²) < 4.78 is 41.8. The Morgan fingerprint density at radius 2 is 2.12 bits per heavy atom. The summed E-state index contributed by atoms with van der Waals surface area (Å²) in [6, 6.07) is 10.1. The van der Waals surface area contributed by atoms with Gasteiger partial charge in [-0.05, 0) is 43.7 Å². The number of carbonyl (C=O) groups is 1. The van der Waals surface area contributed by atoms with Gasteiger partial charge in [0, 0.05) is 36.5 Å². The smallest absolute Gasteiger partial charge is 0.328 e. The number of furan rings is 1. The SMILES string of the molecule is CCc1cccc(OCC2CC2)c1[S+]([O-])NC(=O)c1cc2c(F)cc(N3CCC3)cc2o1. The summed E-state index contributed by atoms with van der Waals surface area (Å²) in [5, 5.41) is 0.229. The second kappa shape index (κ2) is 8.67. The van der Waals surface area contributed by atoms with Crippen molar-refractivity contribution in [1.29, 1.82) is 0 Å². The van der Waals surface area contributed by atoms with Gasteiger partial charge >= 0.3 is 5.91 Å². The summed E-state index contributed by atoms with van der Waals surface area (Å²) in [6.45, 7) is 4.29. The Balaban J connectivity index is 1.37. The van der Waals surface area contributed by atoms with Crippen LogP contribution >= 0.6 is 0 Å². The van der Waals surface area contributed by atoms with Crippen LogP contribution in [0.3, 0.4) is 0 Å². The van der Waals surface area contributed by atoms with Crippen molar-refractivity contribution in [2.24, 2.45) is 5.92 Å². The Bertz CT molecular complexity index is 1160. The summed E-state index contributed by atoms with van der Waals surface area (Å²) in [5.74, 6) is -0.126. The van der Waals surface area contributed by atoms with E-state index in [1.54, 1.807) is 12.1 Å². The molecule has 1 atom stereocenters. The molecule has 1 saturated carbocycles. The van der Waals surface area contributed by atoms with Crippen molar-refractivity contribution >= 4 is 33.9 Å². The van der Waals surface area contributed by atoms with Gasteiger partial charge in [-0.25, -0.2) is 4.39 Å². The molecular weight excluding hydrogens is 431 g/mol. The number of ether oxygens (including phenoxy) is 1. The van der Waals surface area contributed by atoms with Crippen molar-refractivity contribution in [2.45, 2.75) is 37.5 Å². The van der Waals surface area contributed by atoms with Crippen LogP contribution in [-0.4, -0.2) is 30.2 Å². The second-order valence-electron chi connectivity index (χ2n) is 8.34. The van der Waals surface area contributed by atoms with Crippen LogP contribution in [0.5, 0.6) is 5.75 Å². The third kappa shape index (κ3) is 4.17. The molecule has 1 amide bonds. The molecule has 0 bridgehead atoms. The van der Waals surface area contributed by atoms with Gasteiger partial charge in [0.05, 0.1) is 12.0 Å². The number of hydrogen-bond acceptors (Lipinski definition) is 5. The van der Waals surface area contributed by atoms with Crippen LogP contribution in [0, 0.1) is 11.7 Å². The van der Waals surface area contributed by atoms with Crippen LogP contribution in [0.2, 0.25) is 0 Å². The molecule has 2 aliphatic rings. The minimum Gasteiger partial charge on any atom is -0.588 e. The highest BCUT2D eigenvalue weighted by atomic mass is 32.2. The molecule has 1 aromatic heterocycles. The maximum atomic E-state index is 14.6. The summed E-state index contributed by atoms with van der Waals surface area (Å²) >= 11 is -1.85. The normalized spacial score (nSPS) is 16.7. The van der Waals surface area contributed by atoms with E-state index in [9.17, 15) is 13.7 Å². The molecule has 168 valence electrons. The first-order valence-electron chi connectivity index (χ1n) is 11.0. The minimum absolute atomic E-state index is 0.0811. The van der Waals surface area contributed by atoms with Crippen LogP contribution in [-0.2, 0) is 17.8 Å². The van der Waals surface area contributed by atoms with E-state index in [0.29, 0.717) is 35.2 Å². The van der Waals surface area contributed by atoms with E-state index in [1.165, 1.54) is 12.1 Å². The van der Waals surface area contributed by atoms with Crippen molar-refractivity contribution in [3.05, 3.63) is 53.5 Å². The fourth-order valence-corrected chi connectivity index (χ4v) is 4.92. The van der Waals surface area contributed by atoms with Crippen molar-refractivity contribution in [3.63, 3.8) is 0 Å². The van der Waals surface area contributed by atoms with E-state index in [-0.39, 0.29) is 11.1 Å². The van der Waals surface area contributed by atoms with Gasteiger partial charge in [-0.1, -0.05) is 19.1 Å². The zero-order chi connectivity index (χ0) is 22.2. The fourth-order valence-electron chi connectivity index (χ4n) is 3.79. The molecule has 2 fully saturated rings. The Kier molecular flexibility index (Phi) is 5.73. The number of benzene rings is 2. The van der Waals surface area contributed by atoms with Gasteiger partial charge in [-0.2, -0.15) is 4.72 Å². The number of carbonyl (C=O) groups excluding carboxylic acids is 1. The van der Waals surface area contributed by atoms with E-state index >= 15 is 0 Å². The summed E-state index contributed by atoms with van der Waals surface area (Å²) in [7, 11) is 0. The predicted molar refractivity (Wildman–Crippen MR) is 121 cm³/mol. The van der Waals surface area contributed by atoms with E-state index in [2.05, 4.69) is 4.72 Å². The average molecular weight is 457 g/mol. The first-order chi connectivity index (χ1) is 15.5. The molecule has 1 aliphatic heterocycles. The zero-order valence-corrected chi connectivity index (χ0v) is 18.7. The standard InChI is InChI=1S/C24H25FN2O4S/c1-2-16-5-3-6-20(30-14-15-7-8-15)23(16)32(29)26-24(28)22-13-18-19(25)11-17(12-21(18)31-22)27-9-4-10-27/h3,5-6,11-13,15H,2,4,7-10,14H2,1H3,(H,26,28). The van der Waals surface area contributed by atoms with Crippen molar-refractivity contribution in [3.8, 4) is 5.75 Å². The highest BCUT2D eigenvalue weighted by Crippen LogP contribution is 2.34. The zero-order valence-electron chi connectivity index (χ0n) is 17.9. The monoisotopic (exact) mass is 456 g/mol. The second-order valence-corrected chi connectivity index (χ2v) is 9.49. The molecular formula is C24H25FN2O4S. The van der Waals surface area contributed by atoms with Crippen LogP contribution in [0.4, 0.5) is 10.1 Å². The number of hydrogen-bond donors (Lipinski definition) is 1. The molecule has 1 saturated heterocycles. The highest BCUT2D eigenvalue weighted by molar-refractivity contribution is 7.90. The van der Waals surface area contributed by atoms with Gasteiger partial charge in [0.2, 0.25) is 4.90 Å². The molecule has 3 aromatic rings. The lowest BCUT2D eigenvalue weighted by Gasteiger charge is -2.33. The van der Waals surface area contributed by atoms with Crippen LogP contribution in [0.1, 0.15) is 42.3 Å². The Hall–Kier alpha value is -2.71. The van der Waals surface area contributed by atoms with E-state index in [4.69, 9.17) is 9.15 Å². The molecule has 6 nitrogen and oxygen atoms in total. The Morgan fingerprint density at radius 1 is 1.31 bits per heavy atom.